The lowest BCUT2D eigenvalue weighted by Gasteiger charge is -1.97. The van der Waals surface area contributed by atoms with Crippen molar-refractivity contribution in [2.24, 2.45) is 11.8 Å². The van der Waals surface area contributed by atoms with E-state index in [-0.39, 0.29) is 11.8 Å². The zero-order valence-electron chi connectivity index (χ0n) is 5.02. The molecule has 1 heterocycles. The van der Waals surface area contributed by atoms with E-state index in [0.717, 1.165) is 0 Å². The normalized spacial score (nSPS) is 9.00. The monoisotopic (exact) mass is 142 g/mol. The summed E-state index contributed by atoms with van der Waals surface area (Å²) in [6.45, 7) is 0. The van der Waals surface area contributed by atoms with Crippen molar-refractivity contribution in [2.75, 3.05) is 0 Å². The zero-order chi connectivity index (χ0) is 7.40. The first-order valence-electron chi connectivity index (χ1n) is 2.42. The molecule has 6 heteroatoms. The fraction of sp³-hybridized carbons (Fsp3) is 0. The van der Waals surface area contributed by atoms with E-state index in [1.165, 1.54) is 12.4 Å². The summed E-state index contributed by atoms with van der Waals surface area (Å²) in [6, 6.07) is 1.36. The van der Waals surface area contributed by atoms with Crippen LogP contribution in [0.25, 0.3) is 0 Å². The van der Waals surface area contributed by atoms with E-state index in [4.69, 9.17) is 11.8 Å². The van der Waals surface area contributed by atoms with Gasteiger partial charge >= 0.3 is 0 Å². The second-order valence-electron chi connectivity index (χ2n) is 1.43. The molecule has 0 saturated carbocycles. The average Bonchev–Trinajstić information content (AvgIpc) is 2.05. The maximum absolute atomic E-state index is 4.79. The van der Waals surface area contributed by atoms with E-state index in [1.54, 1.807) is 0 Å². The molecule has 1 aromatic heterocycles. The lowest BCUT2D eigenvalue weighted by molar-refractivity contribution is 0.298. The Morgan fingerprint density at radius 2 is 1.60 bits per heavy atom. The maximum Gasteiger partial charge on any atom is 0.244 e. The summed E-state index contributed by atoms with van der Waals surface area (Å²) in [5, 5.41) is 0. The van der Waals surface area contributed by atoms with Gasteiger partial charge in [0.25, 0.3) is 0 Å². The van der Waals surface area contributed by atoms with Gasteiger partial charge in [0.15, 0.2) is 0 Å². The molecule has 0 fully saturated rings. The Kier molecular flexibility index (Phi) is 1.98. The Bertz CT molecular complexity index is 197. The number of aromatic nitrogens is 2. The molecule has 0 atom stereocenters. The topological polar surface area (TPSA) is 96.3 Å². The van der Waals surface area contributed by atoms with Crippen LogP contribution in [0.4, 0.5) is 0 Å². The summed E-state index contributed by atoms with van der Waals surface area (Å²) in [5.41, 5.74) is 0. The van der Waals surface area contributed by atoms with Crippen LogP contribution >= 0.6 is 0 Å². The van der Waals surface area contributed by atoms with Crippen molar-refractivity contribution in [1.82, 2.24) is 9.97 Å². The minimum absolute atomic E-state index is 0.204. The highest BCUT2D eigenvalue weighted by molar-refractivity contribution is 5.17. The molecule has 1 aromatic rings. The van der Waals surface area contributed by atoms with Gasteiger partial charge in [-0.15, -0.1) is 0 Å². The van der Waals surface area contributed by atoms with Gasteiger partial charge < -0.3 is 9.68 Å². The summed E-state index contributed by atoms with van der Waals surface area (Å²) >= 11 is 0. The van der Waals surface area contributed by atoms with Crippen molar-refractivity contribution in [1.29, 1.82) is 0 Å². The molecular weight excluding hydrogens is 136 g/mol. The van der Waals surface area contributed by atoms with E-state index in [2.05, 4.69) is 19.6 Å². The second kappa shape index (κ2) is 2.95. The van der Waals surface area contributed by atoms with E-state index < -0.39 is 0 Å². The van der Waals surface area contributed by atoms with Gasteiger partial charge in [0, 0.05) is 0 Å². The van der Waals surface area contributed by atoms with Crippen molar-refractivity contribution in [3.8, 4) is 11.8 Å². The summed E-state index contributed by atoms with van der Waals surface area (Å²) in [7, 11) is 0. The summed E-state index contributed by atoms with van der Waals surface area (Å²) in [6.07, 6.45) is 1.23. The van der Waals surface area contributed by atoms with E-state index in [9.17, 15) is 0 Å². The van der Waals surface area contributed by atoms with Gasteiger partial charge in [0.2, 0.25) is 11.8 Å². The van der Waals surface area contributed by atoms with Crippen LogP contribution < -0.4 is 21.5 Å². The van der Waals surface area contributed by atoms with Crippen LogP contribution in [0.5, 0.6) is 11.8 Å². The summed E-state index contributed by atoms with van der Waals surface area (Å²) in [5.74, 6) is 9.98. The Labute approximate surface area is 56.7 Å². The molecule has 0 radical (unpaired) electrons. The van der Waals surface area contributed by atoms with Crippen molar-refractivity contribution in [3.05, 3.63) is 12.4 Å². The van der Waals surface area contributed by atoms with E-state index in [1.807, 2.05) is 0 Å². The molecule has 6 nitrogen and oxygen atoms in total. The Hall–Kier alpha value is -1.40. The third-order valence-electron chi connectivity index (χ3n) is 0.858. The molecule has 0 aliphatic rings. The third kappa shape index (κ3) is 1.30. The van der Waals surface area contributed by atoms with Crippen LogP contribution in [0.2, 0.25) is 0 Å². The van der Waals surface area contributed by atoms with Crippen LogP contribution in [-0.4, -0.2) is 9.97 Å². The van der Waals surface area contributed by atoms with Crippen LogP contribution in [0.1, 0.15) is 0 Å². The fourth-order valence-electron chi connectivity index (χ4n) is 0.452. The highest BCUT2D eigenvalue weighted by Crippen LogP contribution is 2.09. The second-order valence-corrected chi connectivity index (χ2v) is 1.43. The van der Waals surface area contributed by atoms with Crippen molar-refractivity contribution in [3.63, 3.8) is 0 Å². The van der Waals surface area contributed by atoms with E-state index >= 15 is 0 Å². The molecule has 4 N–H and O–H groups in total. The SMILES string of the molecule is NOc1cc(ON)ncn1. The van der Waals surface area contributed by atoms with E-state index in [0.29, 0.717) is 0 Å². The number of hydrogen-bond donors (Lipinski definition) is 2. The number of rotatable bonds is 2. The molecule has 0 aliphatic carbocycles. The first-order valence-corrected chi connectivity index (χ1v) is 2.42. The van der Waals surface area contributed by atoms with Crippen LogP contribution in [0, 0.1) is 0 Å². The van der Waals surface area contributed by atoms with Gasteiger partial charge in [0.1, 0.15) is 6.33 Å². The molecule has 0 amide bonds. The van der Waals surface area contributed by atoms with Gasteiger partial charge in [-0.3, -0.25) is 0 Å². The molecular formula is C4H6N4O2. The van der Waals surface area contributed by atoms with Gasteiger partial charge in [-0.05, 0) is 0 Å². The quantitative estimate of drug-likeness (QED) is 0.513. The first-order chi connectivity index (χ1) is 4.86. The largest absolute Gasteiger partial charge is 0.391 e. The minimum atomic E-state index is 0.204. The lowest BCUT2D eigenvalue weighted by atomic mass is 10.6. The molecule has 1 rings (SSSR count). The standard InChI is InChI=1S/C4H6N4O2/c5-9-3-1-4(10-6)8-2-7-3/h1-2H,5-6H2. The molecule has 54 valence electrons. The van der Waals surface area contributed by atoms with Crippen molar-refractivity contribution in [2.45, 2.75) is 0 Å². The first kappa shape index (κ1) is 6.72. The minimum Gasteiger partial charge on any atom is -0.391 e. The molecule has 0 spiro atoms. The third-order valence-corrected chi connectivity index (χ3v) is 0.858. The van der Waals surface area contributed by atoms with Crippen molar-refractivity contribution < 1.29 is 9.68 Å². The highest BCUT2D eigenvalue weighted by atomic mass is 16.6. The number of nitrogens with two attached hydrogens (primary N) is 2. The van der Waals surface area contributed by atoms with Gasteiger partial charge in [-0.25, -0.2) is 0 Å². The highest BCUT2D eigenvalue weighted by Gasteiger charge is 1.96. The van der Waals surface area contributed by atoms with Gasteiger partial charge in [0.05, 0.1) is 6.07 Å². The number of hydrogen-bond acceptors (Lipinski definition) is 6. The molecule has 0 saturated heterocycles. The molecule has 0 unspecified atom stereocenters. The molecule has 10 heavy (non-hydrogen) atoms. The number of nitrogens with zero attached hydrogens (tertiary/aromatic N) is 2. The van der Waals surface area contributed by atoms with Crippen LogP contribution in [-0.2, 0) is 0 Å². The van der Waals surface area contributed by atoms with Gasteiger partial charge in [-0.1, -0.05) is 0 Å². The predicted molar refractivity (Wildman–Crippen MR) is 31.7 cm³/mol. The summed E-state index contributed by atoms with van der Waals surface area (Å²) < 4.78 is 0. The predicted octanol–water partition coefficient (Wildman–Crippen LogP) is -1.02. The average molecular weight is 142 g/mol. The summed E-state index contributed by atoms with van der Waals surface area (Å²) in [4.78, 5) is 15.8. The maximum atomic E-state index is 4.79. The Morgan fingerprint density at radius 1 is 1.10 bits per heavy atom. The molecule has 0 aliphatic heterocycles. The van der Waals surface area contributed by atoms with Crippen molar-refractivity contribution >= 4 is 0 Å². The Balaban J connectivity index is 2.87. The molecule has 0 bridgehead atoms. The molecule has 0 aromatic carbocycles. The fourth-order valence-corrected chi connectivity index (χ4v) is 0.452. The lowest BCUT2D eigenvalue weighted by Crippen LogP contribution is -2.07. The zero-order valence-corrected chi connectivity index (χ0v) is 5.02. The van der Waals surface area contributed by atoms with Crippen LogP contribution in [0.15, 0.2) is 12.4 Å². The van der Waals surface area contributed by atoms with Crippen LogP contribution in [0.3, 0.4) is 0 Å². The smallest absolute Gasteiger partial charge is 0.244 e. The Morgan fingerprint density at radius 3 is 2.00 bits per heavy atom. The van der Waals surface area contributed by atoms with Gasteiger partial charge in [-0.2, -0.15) is 21.8 Å².